The molecule has 1 saturated heterocycles. The van der Waals surface area contributed by atoms with E-state index in [4.69, 9.17) is 14.3 Å². The summed E-state index contributed by atoms with van der Waals surface area (Å²) in [5, 5.41) is 12.3. The van der Waals surface area contributed by atoms with Crippen LogP contribution in [0.3, 0.4) is 0 Å². The lowest BCUT2D eigenvalue weighted by atomic mass is 9.85. The van der Waals surface area contributed by atoms with Crippen LogP contribution in [0, 0.1) is 19.3 Å². The minimum atomic E-state index is -1.08. The molecule has 2 aliphatic heterocycles. The van der Waals surface area contributed by atoms with Gasteiger partial charge in [-0.25, -0.2) is 4.79 Å². The van der Waals surface area contributed by atoms with E-state index in [1.54, 1.807) is 6.92 Å². The number of nitrogens with zero attached hydrogens (tertiary/aromatic N) is 2. The molecule has 0 aromatic heterocycles. The van der Waals surface area contributed by atoms with Crippen molar-refractivity contribution in [2.75, 3.05) is 20.2 Å². The maximum absolute atomic E-state index is 14.5. The molecule has 13 heteroatoms. The Labute approximate surface area is 290 Å². The number of likely N-dealkylation sites (tertiary alicyclic amines) is 1. The van der Waals surface area contributed by atoms with Crippen LogP contribution in [0.5, 0.6) is 5.75 Å². The molecule has 1 fully saturated rings. The van der Waals surface area contributed by atoms with Crippen molar-refractivity contribution in [3.05, 3.63) is 28.8 Å². The van der Waals surface area contributed by atoms with Crippen molar-refractivity contribution in [3.63, 3.8) is 0 Å². The molecule has 1 aromatic rings. The zero-order chi connectivity index (χ0) is 36.7. The van der Waals surface area contributed by atoms with Gasteiger partial charge >= 0.3 is 6.09 Å². The molecule has 4 amide bonds. The Hall–Kier alpha value is -4.16. The van der Waals surface area contributed by atoms with E-state index in [9.17, 15) is 24.0 Å². The molecule has 2 heterocycles. The minimum absolute atomic E-state index is 0.00327. The number of oxime groups is 1. The highest BCUT2D eigenvalue weighted by molar-refractivity contribution is 6.38. The Kier molecular flexibility index (Phi) is 13.2. The molecule has 1 unspecified atom stereocenters. The molecule has 1 aromatic carbocycles. The van der Waals surface area contributed by atoms with Crippen LogP contribution in [-0.2, 0) is 28.8 Å². The molecule has 13 nitrogen and oxygen atoms in total. The van der Waals surface area contributed by atoms with E-state index in [-0.39, 0.29) is 25.5 Å². The van der Waals surface area contributed by atoms with Crippen molar-refractivity contribution in [1.82, 2.24) is 20.9 Å². The van der Waals surface area contributed by atoms with Gasteiger partial charge in [-0.05, 0) is 69.2 Å². The fraction of sp³-hybridized carbons (Fsp3) is 0.667. The zero-order valence-corrected chi connectivity index (χ0v) is 30.8. The first-order valence-corrected chi connectivity index (χ1v) is 17.3. The number of carbonyl (C=O) groups excluding carboxylic acids is 5. The number of aryl methyl sites for hydroxylation is 2. The first-order valence-electron chi connectivity index (χ1n) is 17.3. The molecule has 0 saturated carbocycles. The van der Waals surface area contributed by atoms with E-state index in [1.165, 1.54) is 11.9 Å². The standard InChI is InChI=1S/C36H55N5O8/c1-11-14-23(6)48-34(46)39-30(35(7,8)9)33(45)41-20-36(19-27(41)31(43)38-25(15-12-2)28(42)32(44)37-10)18-26(40-49-36)24-16-21(4)29(47-13-3)22(5)17-24/h16-17,23,25,27,30H,11-15,18-20H2,1-10H3,(H,37,44)(H,38,43)(H,39,46)/t23?,25-,27-,30+,36+/m0/s1. The molecule has 3 N–H and O–H groups in total. The van der Waals surface area contributed by atoms with Crippen molar-refractivity contribution in [1.29, 1.82) is 0 Å². The molecule has 2 aliphatic rings. The van der Waals surface area contributed by atoms with E-state index in [0.29, 0.717) is 31.6 Å². The highest BCUT2D eigenvalue weighted by atomic mass is 16.7. The number of amides is 4. The average molecular weight is 686 g/mol. The van der Waals surface area contributed by atoms with Gasteiger partial charge in [0.1, 0.15) is 23.9 Å². The molecule has 0 aliphatic carbocycles. The number of hydrogen-bond acceptors (Lipinski definition) is 9. The summed E-state index contributed by atoms with van der Waals surface area (Å²) in [6.45, 7) is 17.5. The molecular weight excluding hydrogens is 630 g/mol. The normalized spacial score (nSPS) is 20.5. The summed E-state index contributed by atoms with van der Waals surface area (Å²) >= 11 is 0. The highest BCUT2D eigenvalue weighted by Gasteiger charge is 2.55. The Balaban J connectivity index is 1.97. The molecule has 49 heavy (non-hydrogen) atoms. The van der Waals surface area contributed by atoms with Gasteiger partial charge in [-0.15, -0.1) is 0 Å². The summed E-state index contributed by atoms with van der Waals surface area (Å²) in [7, 11) is 1.35. The van der Waals surface area contributed by atoms with Crippen molar-refractivity contribution >= 4 is 35.3 Å². The van der Waals surface area contributed by atoms with Gasteiger partial charge in [0.15, 0.2) is 5.60 Å². The lowest BCUT2D eigenvalue weighted by Crippen LogP contribution is -2.59. The number of ketones is 1. The van der Waals surface area contributed by atoms with Gasteiger partial charge in [0.2, 0.25) is 17.6 Å². The Morgan fingerprint density at radius 3 is 2.22 bits per heavy atom. The lowest BCUT2D eigenvalue weighted by Gasteiger charge is -2.35. The van der Waals surface area contributed by atoms with Crippen LogP contribution in [0.15, 0.2) is 17.3 Å². The lowest BCUT2D eigenvalue weighted by molar-refractivity contribution is -0.144. The van der Waals surface area contributed by atoms with Crippen molar-refractivity contribution < 1.29 is 38.3 Å². The predicted octanol–water partition coefficient (Wildman–Crippen LogP) is 4.10. The SMILES string of the molecule is CCCC(C)OC(=O)N[C@H](C(=O)N1C[C@@]2(CC(c3cc(C)c(OCC)c(C)c3)=NO2)C[C@H]1C(=O)N[C@@H](CCC)C(=O)C(=O)NC)C(C)(C)C. The number of nitrogens with one attached hydrogen (secondary N) is 3. The third kappa shape index (κ3) is 9.51. The predicted molar refractivity (Wildman–Crippen MR) is 185 cm³/mol. The summed E-state index contributed by atoms with van der Waals surface area (Å²) in [4.78, 5) is 74.1. The molecule has 1 spiro atoms. The fourth-order valence-electron chi connectivity index (χ4n) is 6.49. The number of benzene rings is 1. The van der Waals surface area contributed by atoms with Crippen molar-refractivity contribution in [2.45, 2.75) is 131 Å². The maximum atomic E-state index is 14.5. The number of likely N-dealkylation sites (N-methyl/N-ethyl adjacent to an activating group) is 1. The Bertz CT molecular complexity index is 1410. The van der Waals surface area contributed by atoms with E-state index < -0.39 is 58.7 Å². The van der Waals surface area contributed by atoms with E-state index in [1.807, 2.05) is 67.5 Å². The largest absolute Gasteiger partial charge is 0.493 e. The number of ether oxygens (including phenoxy) is 2. The van der Waals surface area contributed by atoms with Gasteiger partial charge in [0.05, 0.1) is 24.9 Å². The fourth-order valence-corrected chi connectivity index (χ4v) is 6.49. The van der Waals surface area contributed by atoms with E-state index >= 15 is 0 Å². The molecule has 272 valence electrons. The second-order valence-corrected chi connectivity index (χ2v) is 14.3. The van der Waals surface area contributed by atoms with Crippen molar-refractivity contribution in [2.24, 2.45) is 10.6 Å². The monoisotopic (exact) mass is 685 g/mol. The van der Waals surface area contributed by atoms with Gasteiger partial charge in [-0.2, -0.15) is 0 Å². The maximum Gasteiger partial charge on any atom is 0.408 e. The first-order chi connectivity index (χ1) is 23.0. The third-order valence-corrected chi connectivity index (χ3v) is 8.95. The van der Waals surface area contributed by atoms with E-state index in [2.05, 4.69) is 21.1 Å². The topological polar surface area (TPSA) is 165 Å². The van der Waals surface area contributed by atoms with Gasteiger partial charge in [-0.1, -0.05) is 52.6 Å². The second-order valence-electron chi connectivity index (χ2n) is 14.3. The number of Topliss-reactive ketones (excluding diaryl/α,β-unsaturated/α-hetero) is 1. The number of rotatable bonds is 14. The third-order valence-electron chi connectivity index (χ3n) is 8.95. The van der Waals surface area contributed by atoms with Crippen LogP contribution in [0.2, 0.25) is 0 Å². The number of carbonyl (C=O) groups is 5. The molecule has 3 rings (SSSR count). The molecule has 0 bridgehead atoms. The summed E-state index contributed by atoms with van der Waals surface area (Å²) in [5.41, 5.74) is 1.60. The van der Waals surface area contributed by atoms with Gasteiger partial charge < -0.3 is 35.2 Å². The van der Waals surface area contributed by atoms with Crippen LogP contribution in [0.1, 0.15) is 104 Å². The average Bonchev–Trinajstić information content (AvgIpc) is 3.63. The molecular formula is C36H55N5O8. The van der Waals surface area contributed by atoms with E-state index in [0.717, 1.165) is 28.9 Å². The zero-order valence-electron chi connectivity index (χ0n) is 30.8. The van der Waals surface area contributed by atoms with Gasteiger partial charge in [0.25, 0.3) is 5.91 Å². The van der Waals surface area contributed by atoms with Crippen molar-refractivity contribution in [3.8, 4) is 5.75 Å². The van der Waals surface area contributed by atoms with Crippen LogP contribution >= 0.6 is 0 Å². The highest BCUT2D eigenvalue weighted by Crippen LogP contribution is 2.40. The van der Waals surface area contributed by atoms with Crippen LogP contribution in [0.25, 0.3) is 0 Å². The quantitative estimate of drug-likeness (QED) is 0.247. The molecule has 5 atom stereocenters. The summed E-state index contributed by atoms with van der Waals surface area (Å²) in [6, 6.07) is 0.738. The summed E-state index contributed by atoms with van der Waals surface area (Å²) in [6.07, 6.45) is 1.57. The Morgan fingerprint density at radius 2 is 1.67 bits per heavy atom. The Morgan fingerprint density at radius 1 is 1.04 bits per heavy atom. The van der Waals surface area contributed by atoms with Crippen LogP contribution in [-0.4, -0.2) is 90.2 Å². The molecule has 0 radical (unpaired) electrons. The van der Waals surface area contributed by atoms with Crippen LogP contribution in [0.4, 0.5) is 4.79 Å². The number of alkyl carbamates (subject to hydrolysis) is 1. The van der Waals surface area contributed by atoms with Crippen LogP contribution < -0.4 is 20.7 Å². The van der Waals surface area contributed by atoms with Gasteiger partial charge in [0, 0.05) is 25.5 Å². The summed E-state index contributed by atoms with van der Waals surface area (Å²) in [5.74, 6) is -1.88. The van der Waals surface area contributed by atoms with Gasteiger partial charge in [-0.3, -0.25) is 19.2 Å². The summed E-state index contributed by atoms with van der Waals surface area (Å²) < 4.78 is 11.3. The first kappa shape index (κ1) is 39.3. The second kappa shape index (κ2) is 16.5. The smallest absolute Gasteiger partial charge is 0.408 e. The minimum Gasteiger partial charge on any atom is -0.493 e. The number of hydrogen-bond donors (Lipinski definition) is 3.